The van der Waals surface area contributed by atoms with Crippen LogP contribution in [0.1, 0.15) is 103 Å². The molecule has 3 amide bonds. The number of nitrogens with zero attached hydrogens (tertiary/aromatic N) is 2. The summed E-state index contributed by atoms with van der Waals surface area (Å²) in [5.74, 6) is 1.87. The Labute approximate surface area is 267 Å². The highest BCUT2D eigenvalue weighted by Crippen LogP contribution is 2.28. The molecule has 0 saturated carbocycles. The van der Waals surface area contributed by atoms with Gasteiger partial charge in [-0.3, -0.25) is 14.4 Å². The largest absolute Gasteiger partial charge is 0.391 e. The van der Waals surface area contributed by atoms with Crippen molar-refractivity contribution in [2.24, 2.45) is 5.41 Å². The molecule has 1 saturated heterocycles. The van der Waals surface area contributed by atoms with Gasteiger partial charge in [-0.1, -0.05) is 83.6 Å². The highest BCUT2D eigenvalue weighted by Gasteiger charge is 2.44. The Morgan fingerprint density at radius 1 is 1.07 bits per heavy atom. The van der Waals surface area contributed by atoms with Crippen molar-refractivity contribution in [1.82, 2.24) is 20.5 Å². The summed E-state index contributed by atoms with van der Waals surface area (Å²) in [6.45, 7) is 8.05. The first-order chi connectivity index (χ1) is 21.0. The number of aryl methyl sites for hydroxylation is 1. The van der Waals surface area contributed by atoms with Gasteiger partial charge in [0.1, 0.15) is 12.1 Å². The van der Waals surface area contributed by atoms with Crippen molar-refractivity contribution in [1.29, 1.82) is 0 Å². The zero-order valence-electron chi connectivity index (χ0n) is 26.9. The molecule has 1 aliphatic rings. The van der Waals surface area contributed by atoms with E-state index in [4.69, 9.17) is 6.42 Å². The smallest absolute Gasteiger partial charge is 0.246 e. The molecule has 240 valence electrons. The van der Waals surface area contributed by atoms with E-state index in [1.165, 1.54) is 24.2 Å². The van der Waals surface area contributed by atoms with Crippen LogP contribution in [-0.2, 0) is 20.9 Å². The van der Waals surface area contributed by atoms with Crippen LogP contribution < -0.4 is 10.6 Å². The minimum Gasteiger partial charge on any atom is -0.391 e. The lowest BCUT2D eigenvalue weighted by molar-refractivity contribution is -0.144. The lowest BCUT2D eigenvalue weighted by Gasteiger charge is -2.35. The predicted octanol–water partition coefficient (Wildman–Crippen LogP) is 5.76. The minimum atomic E-state index is -0.804. The summed E-state index contributed by atoms with van der Waals surface area (Å²) in [5, 5.41) is 16.3. The van der Waals surface area contributed by atoms with Crippen LogP contribution in [0.25, 0.3) is 10.4 Å². The second kappa shape index (κ2) is 17.3. The number of rotatable bonds is 16. The molecule has 3 unspecified atom stereocenters. The number of nitrogens with one attached hydrogen (secondary N) is 2. The summed E-state index contributed by atoms with van der Waals surface area (Å²) in [5.41, 5.74) is 4.25. The van der Waals surface area contributed by atoms with Crippen molar-refractivity contribution >= 4 is 29.1 Å². The molecule has 0 radical (unpaired) electrons. The molecular formula is C35H50N4O4S. The van der Waals surface area contributed by atoms with E-state index in [0.29, 0.717) is 13.0 Å². The lowest BCUT2D eigenvalue weighted by atomic mass is 9.85. The van der Waals surface area contributed by atoms with Gasteiger partial charge in [-0.05, 0) is 36.3 Å². The molecular weight excluding hydrogens is 572 g/mol. The Morgan fingerprint density at radius 2 is 1.70 bits per heavy atom. The van der Waals surface area contributed by atoms with E-state index in [2.05, 4.69) is 21.5 Å². The summed E-state index contributed by atoms with van der Waals surface area (Å²) in [6.07, 6.45) is 14.5. The third-order valence-corrected chi connectivity index (χ3v) is 9.16. The third-order valence-electron chi connectivity index (χ3n) is 8.19. The van der Waals surface area contributed by atoms with Crippen LogP contribution in [0.4, 0.5) is 0 Å². The SMILES string of the molecule is C#CCCCCCCCCCCC(=O)NC(C(=O)N1CC(O)CC1C(=O)NCc1ccc(-c2scnc2C)cc1)C(C)(C)C. The summed E-state index contributed by atoms with van der Waals surface area (Å²) < 4.78 is 0. The van der Waals surface area contributed by atoms with Crippen LogP contribution in [-0.4, -0.2) is 57.4 Å². The number of aromatic nitrogens is 1. The number of thiazole rings is 1. The fourth-order valence-electron chi connectivity index (χ4n) is 5.59. The van der Waals surface area contributed by atoms with Crippen molar-refractivity contribution in [3.05, 3.63) is 41.0 Å². The number of aliphatic hydroxyl groups is 1. The Balaban J connectivity index is 1.50. The van der Waals surface area contributed by atoms with Crippen molar-refractivity contribution in [2.75, 3.05) is 6.54 Å². The molecule has 1 aromatic carbocycles. The molecule has 0 spiro atoms. The number of unbranched alkanes of at least 4 members (excludes halogenated alkanes) is 8. The second-order valence-corrected chi connectivity index (χ2v) is 13.8. The average Bonchev–Trinajstić information content (AvgIpc) is 3.60. The topological polar surface area (TPSA) is 112 Å². The van der Waals surface area contributed by atoms with E-state index in [1.54, 1.807) is 11.3 Å². The first-order valence-corrected chi connectivity index (χ1v) is 16.9. The molecule has 0 bridgehead atoms. The quantitative estimate of drug-likeness (QED) is 0.163. The summed E-state index contributed by atoms with van der Waals surface area (Å²) >= 11 is 1.59. The predicted molar refractivity (Wildman–Crippen MR) is 177 cm³/mol. The molecule has 3 N–H and O–H groups in total. The fraction of sp³-hybridized carbons (Fsp3) is 0.600. The van der Waals surface area contributed by atoms with Gasteiger partial charge in [-0.2, -0.15) is 0 Å². The van der Waals surface area contributed by atoms with E-state index in [9.17, 15) is 19.5 Å². The Kier molecular flexibility index (Phi) is 13.9. The van der Waals surface area contributed by atoms with Gasteiger partial charge < -0.3 is 20.6 Å². The van der Waals surface area contributed by atoms with Crippen molar-refractivity contribution in [3.63, 3.8) is 0 Å². The molecule has 2 heterocycles. The monoisotopic (exact) mass is 622 g/mol. The fourth-order valence-corrected chi connectivity index (χ4v) is 6.40. The highest BCUT2D eigenvalue weighted by atomic mass is 32.1. The molecule has 8 nitrogen and oxygen atoms in total. The van der Waals surface area contributed by atoms with Gasteiger partial charge in [0.15, 0.2) is 0 Å². The average molecular weight is 623 g/mol. The first-order valence-electron chi connectivity index (χ1n) is 16.0. The zero-order valence-corrected chi connectivity index (χ0v) is 27.7. The molecule has 2 aromatic rings. The van der Waals surface area contributed by atoms with Gasteiger partial charge in [0.05, 0.1) is 22.2 Å². The van der Waals surface area contributed by atoms with E-state index < -0.39 is 23.6 Å². The first kappa shape index (κ1) is 35.3. The van der Waals surface area contributed by atoms with Crippen molar-refractivity contribution in [3.8, 4) is 22.8 Å². The number of amides is 3. The molecule has 3 rings (SSSR count). The maximum atomic E-state index is 13.8. The van der Waals surface area contributed by atoms with Crippen molar-refractivity contribution in [2.45, 2.75) is 123 Å². The zero-order chi connectivity index (χ0) is 32.1. The maximum absolute atomic E-state index is 13.8. The van der Waals surface area contributed by atoms with Gasteiger partial charge in [0, 0.05) is 32.4 Å². The molecule has 3 atom stereocenters. The van der Waals surface area contributed by atoms with Gasteiger partial charge in [-0.25, -0.2) is 4.98 Å². The summed E-state index contributed by atoms with van der Waals surface area (Å²) in [6, 6.07) is 6.35. The molecule has 1 aliphatic heterocycles. The van der Waals surface area contributed by atoms with E-state index in [-0.39, 0.29) is 30.7 Å². The molecule has 1 aromatic heterocycles. The summed E-state index contributed by atoms with van der Waals surface area (Å²) in [4.78, 5) is 46.8. The van der Waals surface area contributed by atoms with E-state index in [1.807, 2.05) is 57.5 Å². The van der Waals surface area contributed by atoms with Gasteiger partial charge in [-0.15, -0.1) is 23.7 Å². The Bertz CT molecular complexity index is 1260. The maximum Gasteiger partial charge on any atom is 0.246 e. The van der Waals surface area contributed by atoms with Crippen LogP contribution in [0.15, 0.2) is 29.8 Å². The highest BCUT2D eigenvalue weighted by molar-refractivity contribution is 7.13. The van der Waals surface area contributed by atoms with Gasteiger partial charge >= 0.3 is 0 Å². The van der Waals surface area contributed by atoms with Gasteiger partial charge in [0.25, 0.3) is 0 Å². The number of hydrogen-bond acceptors (Lipinski definition) is 6. The number of aliphatic hydroxyl groups excluding tert-OH is 1. The van der Waals surface area contributed by atoms with Crippen LogP contribution in [0.5, 0.6) is 0 Å². The Morgan fingerprint density at radius 3 is 2.30 bits per heavy atom. The number of terminal acetylenes is 1. The number of carbonyl (C=O) groups is 3. The lowest BCUT2D eigenvalue weighted by Crippen LogP contribution is -2.57. The number of likely N-dealkylation sites (tertiary alicyclic amines) is 1. The second-order valence-electron chi connectivity index (χ2n) is 13.0. The Hall–Kier alpha value is -3.22. The molecule has 1 fully saturated rings. The number of carbonyl (C=O) groups excluding carboxylic acids is 3. The van der Waals surface area contributed by atoms with Crippen LogP contribution in [0.3, 0.4) is 0 Å². The molecule has 0 aliphatic carbocycles. The number of hydrogen-bond donors (Lipinski definition) is 3. The number of benzene rings is 1. The van der Waals surface area contributed by atoms with Crippen LogP contribution in [0.2, 0.25) is 0 Å². The molecule has 44 heavy (non-hydrogen) atoms. The number of β-amino-alcohol motifs (C(OH)–C–C–N with tert-alkyl or cyclic N) is 1. The standard InChI is InChI=1S/C35H50N4O4S/c1-6-7-8-9-10-11-12-13-14-15-16-30(41)38-32(35(3,4)5)34(43)39-23-28(40)21-29(39)33(42)36-22-26-17-19-27(20-18-26)31-25(2)37-24-44-31/h1,17-20,24,28-29,32,40H,7-16,21-23H2,2-5H3,(H,36,42)(H,38,41). The molecule has 9 heteroatoms. The third kappa shape index (κ3) is 10.7. The van der Waals surface area contributed by atoms with Crippen molar-refractivity contribution < 1.29 is 19.5 Å². The van der Waals surface area contributed by atoms with Gasteiger partial charge in [0.2, 0.25) is 17.7 Å². The van der Waals surface area contributed by atoms with Crippen LogP contribution >= 0.6 is 11.3 Å². The van der Waals surface area contributed by atoms with Crippen LogP contribution in [0, 0.1) is 24.7 Å². The van der Waals surface area contributed by atoms with E-state index in [0.717, 1.165) is 60.2 Å². The summed E-state index contributed by atoms with van der Waals surface area (Å²) in [7, 11) is 0. The normalized spacial score (nSPS) is 17.2. The van der Waals surface area contributed by atoms with E-state index >= 15 is 0 Å². The minimum absolute atomic E-state index is 0.0605.